The van der Waals surface area contributed by atoms with Crippen LogP contribution in [0.1, 0.15) is 0 Å². The van der Waals surface area contributed by atoms with E-state index >= 15 is 0 Å². The van der Waals surface area contributed by atoms with E-state index in [1.807, 2.05) is 38.4 Å². The van der Waals surface area contributed by atoms with Crippen molar-refractivity contribution in [3.63, 3.8) is 0 Å². The lowest BCUT2D eigenvalue weighted by Crippen LogP contribution is -2.07. The lowest BCUT2D eigenvalue weighted by atomic mass is 10.1. The van der Waals surface area contributed by atoms with Gasteiger partial charge >= 0.3 is 0 Å². The normalized spacial score (nSPS) is 10.8. The Hall–Kier alpha value is -2.42. The highest BCUT2D eigenvalue weighted by Crippen LogP contribution is 2.30. The summed E-state index contributed by atoms with van der Waals surface area (Å²) in [7, 11) is 5.73. The quantitative estimate of drug-likeness (QED) is 0.712. The second kappa shape index (κ2) is 4.93. The van der Waals surface area contributed by atoms with Gasteiger partial charge in [0, 0.05) is 30.7 Å². The third-order valence-electron chi connectivity index (χ3n) is 3.39. The highest BCUT2D eigenvalue weighted by atomic mass is 16.5. The average Bonchev–Trinajstić information content (AvgIpc) is 2.90. The minimum absolute atomic E-state index is 0.841. The first kappa shape index (κ1) is 12.6. The molecular weight excluding hydrogens is 250 g/mol. The van der Waals surface area contributed by atoms with Gasteiger partial charge in [0.1, 0.15) is 17.1 Å². The standard InChI is InChI=1S/C17H17NO2/c1-18(2)14-6-4-12(5-7-14)17-11-13-10-15(19-3)8-9-16(13)20-17/h4-11H,1-3H3. The number of hydrogen-bond donors (Lipinski definition) is 0. The van der Waals surface area contributed by atoms with Crippen molar-refractivity contribution in [2.24, 2.45) is 0 Å². The van der Waals surface area contributed by atoms with Gasteiger partial charge in [0.15, 0.2) is 0 Å². The Balaban J connectivity index is 2.01. The van der Waals surface area contributed by atoms with Crippen molar-refractivity contribution in [3.8, 4) is 17.1 Å². The van der Waals surface area contributed by atoms with Gasteiger partial charge in [0.2, 0.25) is 0 Å². The van der Waals surface area contributed by atoms with Gasteiger partial charge in [-0.05, 0) is 48.5 Å². The van der Waals surface area contributed by atoms with Gasteiger partial charge in [0.05, 0.1) is 7.11 Å². The Kier molecular flexibility index (Phi) is 3.11. The summed E-state index contributed by atoms with van der Waals surface area (Å²) in [6.45, 7) is 0. The first-order valence-corrected chi connectivity index (χ1v) is 6.53. The van der Waals surface area contributed by atoms with Gasteiger partial charge in [-0.1, -0.05) is 0 Å². The predicted octanol–water partition coefficient (Wildman–Crippen LogP) is 4.17. The molecule has 0 radical (unpaired) electrons. The number of ether oxygens (including phenoxy) is 1. The van der Waals surface area contributed by atoms with Gasteiger partial charge in [-0.15, -0.1) is 0 Å². The van der Waals surface area contributed by atoms with E-state index < -0.39 is 0 Å². The Morgan fingerprint density at radius 2 is 1.70 bits per heavy atom. The molecule has 102 valence electrons. The number of fused-ring (bicyclic) bond motifs is 1. The Bertz CT molecular complexity index is 726. The van der Waals surface area contributed by atoms with Crippen LogP contribution in [0.25, 0.3) is 22.3 Å². The molecule has 20 heavy (non-hydrogen) atoms. The second-order valence-corrected chi connectivity index (χ2v) is 4.96. The molecular formula is C17H17NO2. The zero-order valence-electron chi connectivity index (χ0n) is 11.9. The summed E-state index contributed by atoms with van der Waals surface area (Å²) in [5.41, 5.74) is 3.12. The molecule has 0 N–H and O–H groups in total. The highest BCUT2D eigenvalue weighted by molar-refractivity contribution is 5.84. The van der Waals surface area contributed by atoms with Crippen molar-refractivity contribution in [1.82, 2.24) is 0 Å². The fourth-order valence-corrected chi connectivity index (χ4v) is 2.21. The van der Waals surface area contributed by atoms with Crippen LogP contribution in [-0.2, 0) is 0 Å². The Morgan fingerprint density at radius 3 is 2.35 bits per heavy atom. The predicted molar refractivity (Wildman–Crippen MR) is 82.5 cm³/mol. The van der Waals surface area contributed by atoms with Crippen LogP contribution in [0.15, 0.2) is 52.9 Å². The Labute approximate surface area is 118 Å². The van der Waals surface area contributed by atoms with Crippen LogP contribution < -0.4 is 9.64 Å². The molecule has 0 amide bonds. The van der Waals surface area contributed by atoms with Gasteiger partial charge in [0.25, 0.3) is 0 Å². The summed E-state index contributed by atoms with van der Waals surface area (Å²) in [4.78, 5) is 2.08. The van der Waals surface area contributed by atoms with Crippen molar-refractivity contribution in [2.75, 3.05) is 26.1 Å². The van der Waals surface area contributed by atoms with E-state index in [0.29, 0.717) is 0 Å². The van der Waals surface area contributed by atoms with Crippen LogP contribution in [0.3, 0.4) is 0 Å². The van der Waals surface area contributed by atoms with E-state index in [4.69, 9.17) is 9.15 Å². The topological polar surface area (TPSA) is 25.6 Å². The molecule has 0 bridgehead atoms. The van der Waals surface area contributed by atoms with Crippen LogP contribution in [-0.4, -0.2) is 21.2 Å². The Morgan fingerprint density at radius 1 is 0.950 bits per heavy atom. The third-order valence-corrected chi connectivity index (χ3v) is 3.39. The van der Waals surface area contributed by atoms with Gasteiger partial charge in [-0.25, -0.2) is 0 Å². The third kappa shape index (κ3) is 2.23. The van der Waals surface area contributed by atoms with E-state index in [-0.39, 0.29) is 0 Å². The number of benzene rings is 2. The molecule has 0 spiro atoms. The van der Waals surface area contributed by atoms with Crippen molar-refractivity contribution in [2.45, 2.75) is 0 Å². The number of anilines is 1. The van der Waals surface area contributed by atoms with Crippen molar-refractivity contribution >= 4 is 16.7 Å². The molecule has 0 aliphatic carbocycles. The van der Waals surface area contributed by atoms with E-state index in [2.05, 4.69) is 29.2 Å². The average molecular weight is 267 g/mol. The van der Waals surface area contributed by atoms with Crippen LogP contribution >= 0.6 is 0 Å². The smallest absolute Gasteiger partial charge is 0.135 e. The zero-order valence-corrected chi connectivity index (χ0v) is 11.9. The number of nitrogens with zero attached hydrogens (tertiary/aromatic N) is 1. The fourth-order valence-electron chi connectivity index (χ4n) is 2.21. The molecule has 3 aromatic rings. The second-order valence-electron chi connectivity index (χ2n) is 4.96. The van der Waals surface area contributed by atoms with Gasteiger partial charge in [-0.3, -0.25) is 0 Å². The maximum absolute atomic E-state index is 5.88. The molecule has 0 atom stereocenters. The minimum Gasteiger partial charge on any atom is -0.497 e. The fraction of sp³-hybridized carbons (Fsp3) is 0.176. The molecule has 3 rings (SSSR count). The molecule has 0 saturated carbocycles. The maximum atomic E-state index is 5.88. The molecule has 3 heteroatoms. The first-order chi connectivity index (χ1) is 9.67. The van der Waals surface area contributed by atoms with Crippen LogP contribution in [0.4, 0.5) is 5.69 Å². The zero-order chi connectivity index (χ0) is 14.1. The number of furan rings is 1. The molecule has 0 saturated heterocycles. The number of hydrogen-bond acceptors (Lipinski definition) is 3. The van der Waals surface area contributed by atoms with Crippen molar-refractivity contribution in [1.29, 1.82) is 0 Å². The van der Waals surface area contributed by atoms with Crippen molar-refractivity contribution < 1.29 is 9.15 Å². The molecule has 1 heterocycles. The van der Waals surface area contributed by atoms with Crippen LogP contribution in [0, 0.1) is 0 Å². The highest BCUT2D eigenvalue weighted by Gasteiger charge is 2.07. The summed E-state index contributed by atoms with van der Waals surface area (Å²) in [6, 6.07) is 16.2. The van der Waals surface area contributed by atoms with Crippen molar-refractivity contribution in [3.05, 3.63) is 48.5 Å². The first-order valence-electron chi connectivity index (χ1n) is 6.53. The number of rotatable bonds is 3. The van der Waals surface area contributed by atoms with E-state index in [9.17, 15) is 0 Å². The monoisotopic (exact) mass is 267 g/mol. The number of methoxy groups -OCH3 is 1. The molecule has 3 nitrogen and oxygen atoms in total. The van der Waals surface area contributed by atoms with E-state index in [0.717, 1.165) is 28.0 Å². The molecule has 0 unspecified atom stereocenters. The van der Waals surface area contributed by atoms with Gasteiger partial charge < -0.3 is 14.1 Å². The van der Waals surface area contributed by atoms with Gasteiger partial charge in [-0.2, -0.15) is 0 Å². The molecule has 2 aromatic carbocycles. The molecule has 1 aromatic heterocycles. The maximum Gasteiger partial charge on any atom is 0.135 e. The summed E-state index contributed by atoms with van der Waals surface area (Å²) < 4.78 is 11.1. The molecule has 0 aliphatic heterocycles. The minimum atomic E-state index is 0.841. The molecule has 0 aliphatic rings. The summed E-state index contributed by atoms with van der Waals surface area (Å²) in [5, 5.41) is 1.05. The lowest BCUT2D eigenvalue weighted by molar-refractivity contribution is 0.415. The van der Waals surface area contributed by atoms with Crippen LogP contribution in [0.2, 0.25) is 0 Å². The lowest BCUT2D eigenvalue weighted by Gasteiger charge is -2.11. The summed E-state index contributed by atoms with van der Waals surface area (Å²) in [5.74, 6) is 1.71. The largest absolute Gasteiger partial charge is 0.497 e. The summed E-state index contributed by atoms with van der Waals surface area (Å²) in [6.07, 6.45) is 0. The van der Waals surface area contributed by atoms with E-state index in [1.54, 1.807) is 7.11 Å². The van der Waals surface area contributed by atoms with E-state index in [1.165, 1.54) is 5.69 Å². The summed E-state index contributed by atoms with van der Waals surface area (Å²) >= 11 is 0. The molecule has 0 fully saturated rings. The van der Waals surface area contributed by atoms with Crippen LogP contribution in [0.5, 0.6) is 5.75 Å². The SMILES string of the molecule is COc1ccc2oc(-c3ccc(N(C)C)cc3)cc2c1.